The lowest BCUT2D eigenvalue weighted by Crippen LogP contribution is -2.44. The third-order valence-corrected chi connectivity index (χ3v) is 5.58. The molecule has 3 amide bonds. The standard InChI is InChI=1S/C21H26FN5O3/c1-12-17(18(24-27(12)5)21(30)25(2)3)23-20(29)15-9-10-16(28)26(4)19(15)13-7-6-8-14(22)11-13/h6-8,11,15,19H,9-10H2,1-5H3,(H,23,29). The van der Waals surface area contributed by atoms with Gasteiger partial charge in [0.2, 0.25) is 11.8 Å². The van der Waals surface area contributed by atoms with Crippen LogP contribution in [0.2, 0.25) is 0 Å². The van der Waals surface area contributed by atoms with Crippen molar-refractivity contribution in [1.29, 1.82) is 0 Å². The number of piperidine rings is 1. The van der Waals surface area contributed by atoms with Crippen LogP contribution in [0.3, 0.4) is 0 Å². The summed E-state index contributed by atoms with van der Waals surface area (Å²) in [6.45, 7) is 1.76. The summed E-state index contributed by atoms with van der Waals surface area (Å²) in [4.78, 5) is 41.0. The van der Waals surface area contributed by atoms with E-state index in [9.17, 15) is 18.8 Å². The lowest BCUT2D eigenvalue weighted by atomic mass is 9.84. The Kier molecular flexibility index (Phi) is 5.91. The smallest absolute Gasteiger partial charge is 0.276 e. The second kappa shape index (κ2) is 8.25. The molecule has 1 aliphatic rings. The molecule has 0 aliphatic carbocycles. The van der Waals surface area contributed by atoms with Gasteiger partial charge >= 0.3 is 0 Å². The predicted octanol–water partition coefficient (Wildman–Crippen LogP) is 2.12. The Hall–Kier alpha value is -3.23. The summed E-state index contributed by atoms with van der Waals surface area (Å²) in [6.07, 6.45) is 0.544. The molecule has 2 aromatic rings. The minimum Gasteiger partial charge on any atom is -0.343 e. The number of carbonyl (C=O) groups excluding carboxylic acids is 3. The van der Waals surface area contributed by atoms with Crippen molar-refractivity contribution in [2.45, 2.75) is 25.8 Å². The average molecular weight is 415 g/mol. The largest absolute Gasteiger partial charge is 0.343 e. The Morgan fingerprint density at radius 3 is 2.60 bits per heavy atom. The summed E-state index contributed by atoms with van der Waals surface area (Å²) in [7, 11) is 6.53. The number of benzene rings is 1. The molecule has 0 radical (unpaired) electrons. The fourth-order valence-corrected chi connectivity index (χ4v) is 3.79. The highest BCUT2D eigenvalue weighted by atomic mass is 19.1. The molecule has 2 heterocycles. The number of amides is 3. The molecule has 160 valence electrons. The van der Waals surface area contributed by atoms with Gasteiger partial charge in [-0.2, -0.15) is 5.10 Å². The number of rotatable bonds is 4. The highest BCUT2D eigenvalue weighted by Gasteiger charge is 2.39. The lowest BCUT2D eigenvalue weighted by molar-refractivity contribution is -0.140. The van der Waals surface area contributed by atoms with E-state index in [2.05, 4.69) is 10.4 Å². The lowest BCUT2D eigenvalue weighted by Gasteiger charge is -2.38. The maximum absolute atomic E-state index is 13.8. The van der Waals surface area contributed by atoms with E-state index >= 15 is 0 Å². The van der Waals surface area contributed by atoms with Crippen LogP contribution in [-0.4, -0.2) is 58.4 Å². The van der Waals surface area contributed by atoms with Crippen LogP contribution in [0.1, 0.15) is 40.6 Å². The molecule has 1 aromatic heterocycles. The van der Waals surface area contributed by atoms with E-state index in [1.807, 2.05) is 0 Å². The van der Waals surface area contributed by atoms with Gasteiger partial charge in [0.05, 0.1) is 23.3 Å². The van der Waals surface area contributed by atoms with Gasteiger partial charge in [0.15, 0.2) is 5.69 Å². The minimum absolute atomic E-state index is 0.102. The van der Waals surface area contributed by atoms with Crippen molar-refractivity contribution < 1.29 is 18.8 Å². The molecule has 1 aromatic carbocycles. The van der Waals surface area contributed by atoms with Crippen LogP contribution in [0, 0.1) is 18.7 Å². The van der Waals surface area contributed by atoms with Crippen molar-refractivity contribution in [3.05, 3.63) is 47.0 Å². The Bertz CT molecular complexity index is 1000. The van der Waals surface area contributed by atoms with Crippen molar-refractivity contribution in [3.8, 4) is 0 Å². The quantitative estimate of drug-likeness (QED) is 0.829. The molecule has 0 bridgehead atoms. The SMILES string of the molecule is Cc1c(NC(=O)C2CCC(=O)N(C)C2c2cccc(F)c2)c(C(=O)N(C)C)nn1C. The van der Waals surface area contributed by atoms with Crippen molar-refractivity contribution in [1.82, 2.24) is 19.6 Å². The van der Waals surface area contributed by atoms with Gasteiger partial charge in [-0.3, -0.25) is 19.1 Å². The Balaban J connectivity index is 1.96. The Morgan fingerprint density at radius 1 is 1.27 bits per heavy atom. The van der Waals surface area contributed by atoms with Crippen molar-refractivity contribution >= 4 is 23.4 Å². The number of carbonyl (C=O) groups is 3. The Morgan fingerprint density at radius 2 is 1.97 bits per heavy atom. The van der Waals surface area contributed by atoms with Crippen LogP contribution in [-0.2, 0) is 16.6 Å². The summed E-state index contributed by atoms with van der Waals surface area (Å²) in [5.74, 6) is -1.80. The van der Waals surface area contributed by atoms with Gasteiger partial charge in [0.1, 0.15) is 5.82 Å². The van der Waals surface area contributed by atoms with Gasteiger partial charge in [0, 0.05) is 34.6 Å². The Labute approximate surface area is 174 Å². The number of anilines is 1. The van der Waals surface area contributed by atoms with Gasteiger partial charge in [-0.25, -0.2) is 4.39 Å². The maximum Gasteiger partial charge on any atom is 0.276 e. The molecule has 1 aliphatic heterocycles. The number of aromatic nitrogens is 2. The topological polar surface area (TPSA) is 87.5 Å². The molecule has 2 unspecified atom stereocenters. The van der Waals surface area contributed by atoms with E-state index in [1.54, 1.807) is 47.2 Å². The number of likely N-dealkylation sites (tertiary alicyclic amines) is 1. The van der Waals surface area contributed by atoms with Crippen molar-refractivity contribution in [2.75, 3.05) is 26.5 Å². The third-order valence-electron chi connectivity index (χ3n) is 5.58. The molecular weight excluding hydrogens is 389 g/mol. The second-order valence-electron chi connectivity index (χ2n) is 7.77. The first-order valence-electron chi connectivity index (χ1n) is 9.69. The highest BCUT2D eigenvalue weighted by molar-refractivity contribution is 6.03. The highest BCUT2D eigenvalue weighted by Crippen LogP contribution is 2.37. The second-order valence-corrected chi connectivity index (χ2v) is 7.77. The first-order chi connectivity index (χ1) is 14.1. The zero-order chi connectivity index (χ0) is 22.2. The molecule has 8 nitrogen and oxygen atoms in total. The monoisotopic (exact) mass is 415 g/mol. The van der Waals surface area contributed by atoms with Crippen LogP contribution in [0.25, 0.3) is 0 Å². The molecule has 2 atom stereocenters. The predicted molar refractivity (Wildman–Crippen MR) is 109 cm³/mol. The zero-order valence-corrected chi connectivity index (χ0v) is 17.8. The van der Waals surface area contributed by atoms with Crippen LogP contribution in [0.4, 0.5) is 10.1 Å². The maximum atomic E-state index is 13.8. The number of nitrogens with one attached hydrogen (secondary N) is 1. The zero-order valence-electron chi connectivity index (χ0n) is 17.8. The van der Waals surface area contributed by atoms with Gasteiger partial charge in [-0.1, -0.05) is 12.1 Å². The van der Waals surface area contributed by atoms with E-state index in [4.69, 9.17) is 0 Å². The molecule has 0 spiro atoms. The molecule has 3 rings (SSSR count). The number of hydrogen-bond donors (Lipinski definition) is 1. The van der Waals surface area contributed by atoms with E-state index in [1.165, 1.54) is 26.6 Å². The van der Waals surface area contributed by atoms with Gasteiger partial charge in [-0.05, 0) is 31.0 Å². The fraction of sp³-hybridized carbons (Fsp3) is 0.429. The van der Waals surface area contributed by atoms with Gasteiger partial charge in [0.25, 0.3) is 5.91 Å². The molecule has 1 N–H and O–H groups in total. The van der Waals surface area contributed by atoms with E-state index < -0.39 is 17.8 Å². The molecule has 9 heteroatoms. The van der Waals surface area contributed by atoms with Gasteiger partial charge < -0.3 is 15.1 Å². The summed E-state index contributed by atoms with van der Waals surface area (Å²) >= 11 is 0. The fourth-order valence-electron chi connectivity index (χ4n) is 3.79. The molecule has 1 fully saturated rings. The van der Waals surface area contributed by atoms with E-state index in [-0.39, 0.29) is 29.8 Å². The van der Waals surface area contributed by atoms with E-state index in [0.717, 1.165) is 0 Å². The molecular formula is C21H26FN5O3. The third kappa shape index (κ3) is 3.92. The van der Waals surface area contributed by atoms with Crippen LogP contribution in [0.15, 0.2) is 24.3 Å². The van der Waals surface area contributed by atoms with Crippen LogP contribution >= 0.6 is 0 Å². The first kappa shape index (κ1) is 21.5. The summed E-state index contributed by atoms with van der Waals surface area (Å²) in [5.41, 5.74) is 1.68. The number of aryl methyl sites for hydroxylation is 1. The number of nitrogens with zero attached hydrogens (tertiary/aromatic N) is 4. The van der Waals surface area contributed by atoms with Gasteiger partial charge in [-0.15, -0.1) is 0 Å². The molecule has 30 heavy (non-hydrogen) atoms. The van der Waals surface area contributed by atoms with Crippen molar-refractivity contribution in [3.63, 3.8) is 0 Å². The average Bonchev–Trinajstić information content (AvgIpc) is 2.97. The number of halogens is 1. The molecule has 0 saturated carbocycles. The first-order valence-corrected chi connectivity index (χ1v) is 9.69. The molecule has 1 saturated heterocycles. The van der Waals surface area contributed by atoms with Crippen molar-refractivity contribution in [2.24, 2.45) is 13.0 Å². The van der Waals surface area contributed by atoms with Crippen LogP contribution in [0.5, 0.6) is 0 Å². The number of hydrogen-bond acceptors (Lipinski definition) is 4. The van der Waals surface area contributed by atoms with E-state index in [0.29, 0.717) is 23.4 Å². The summed E-state index contributed by atoms with van der Waals surface area (Å²) in [6, 6.07) is 5.33. The minimum atomic E-state index is -0.605. The van der Waals surface area contributed by atoms with Crippen LogP contribution < -0.4 is 5.32 Å². The normalized spacial score (nSPS) is 19.0. The summed E-state index contributed by atoms with van der Waals surface area (Å²) < 4.78 is 15.4. The summed E-state index contributed by atoms with van der Waals surface area (Å²) in [5, 5.41) is 7.10.